The van der Waals surface area contributed by atoms with Crippen molar-refractivity contribution in [3.05, 3.63) is 53.4 Å². The maximum Gasteiger partial charge on any atom is 0.209 e. The highest BCUT2D eigenvalue weighted by atomic mass is 16.3. The number of nitrogens with zero attached hydrogens (tertiary/aromatic N) is 3. The minimum Gasteiger partial charge on any atom is -0.507 e. The standard InChI is InChI=1S/C20H23N3O2/c1-14-11-16(12-15(2)20(14)24)23-9-7-22(8-10-23)13-19-21-17-5-3-4-6-18(17)25-19/h3-6,11-12,24H,7-10,13H2,1-2H3. The molecule has 5 heteroatoms. The summed E-state index contributed by atoms with van der Waals surface area (Å²) in [4.78, 5) is 9.32. The molecule has 130 valence electrons. The van der Waals surface area contributed by atoms with Crippen molar-refractivity contribution in [3.63, 3.8) is 0 Å². The van der Waals surface area contributed by atoms with Gasteiger partial charge in [-0.15, -0.1) is 0 Å². The molecule has 4 rings (SSSR count). The van der Waals surface area contributed by atoms with Crippen molar-refractivity contribution < 1.29 is 9.52 Å². The number of hydrogen-bond acceptors (Lipinski definition) is 5. The molecule has 2 aromatic carbocycles. The van der Waals surface area contributed by atoms with Gasteiger partial charge in [-0.05, 0) is 49.2 Å². The number of hydrogen-bond donors (Lipinski definition) is 1. The fraction of sp³-hybridized carbons (Fsp3) is 0.350. The Labute approximate surface area is 147 Å². The molecule has 0 atom stereocenters. The second-order valence-corrected chi connectivity index (χ2v) is 6.77. The zero-order valence-corrected chi connectivity index (χ0v) is 14.7. The van der Waals surface area contributed by atoms with Crippen LogP contribution in [0.1, 0.15) is 17.0 Å². The van der Waals surface area contributed by atoms with Crippen LogP contribution in [0.4, 0.5) is 5.69 Å². The number of rotatable bonds is 3. The first-order chi connectivity index (χ1) is 12.1. The molecular formula is C20H23N3O2. The molecule has 1 fully saturated rings. The first kappa shape index (κ1) is 16.0. The minimum atomic E-state index is 0.401. The first-order valence-electron chi connectivity index (χ1n) is 8.72. The molecule has 0 bridgehead atoms. The number of fused-ring (bicyclic) bond motifs is 1. The molecule has 0 unspecified atom stereocenters. The van der Waals surface area contributed by atoms with E-state index in [1.807, 2.05) is 38.1 Å². The molecule has 0 aliphatic carbocycles. The molecule has 0 saturated carbocycles. The van der Waals surface area contributed by atoms with Crippen LogP contribution in [0, 0.1) is 13.8 Å². The average Bonchev–Trinajstić information content (AvgIpc) is 3.02. The monoisotopic (exact) mass is 337 g/mol. The van der Waals surface area contributed by atoms with Gasteiger partial charge in [-0.25, -0.2) is 4.98 Å². The number of aromatic nitrogens is 1. The third-order valence-electron chi connectivity index (χ3n) is 4.91. The molecule has 1 N–H and O–H groups in total. The maximum absolute atomic E-state index is 9.95. The van der Waals surface area contributed by atoms with Crippen molar-refractivity contribution in [1.82, 2.24) is 9.88 Å². The molecule has 1 aliphatic heterocycles. The summed E-state index contributed by atoms with van der Waals surface area (Å²) in [5.74, 6) is 1.18. The van der Waals surface area contributed by atoms with Crippen LogP contribution >= 0.6 is 0 Å². The Morgan fingerprint density at radius 1 is 1.04 bits per heavy atom. The zero-order chi connectivity index (χ0) is 17.4. The highest BCUT2D eigenvalue weighted by Crippen LogP contribution is 2.28. The molecule has 0 spiro atoms. The smallest absolute Gasteiger partial charge is 0.209 e. The topological polar surface area (TPSA) is 52.7 Å². The quantitative estimate of drug-likeness (QED) is 0.793. The van der Waals surface area contributed by atoms with Crippen molar-refractivity contribution >= 4 is 16.8 Å². The van der Waals surface area contributed by atoms with Gasteiger partial charge in [0, 0.05) is 31.9 Å². The van der Waals surface area contributed by atoms with Crippen molar-refractivity contribution in [2.45, 2.75) is 20.4 Å². The number of benzene rings is 2. The Hall–Kier alpha value is -2.53. The third kappa shape index (κ3) is 3.20. The number of oxazole rings is 1. The van der Waals surface area contributed by atoms with Crippen molar-refractivity contribution in [2.24, 2.45) is 0 Å². The van der Waals surface area contributed by atoms with Crippen LogP contribution in [-0.4, -0.2) is 41.2 Å². The van der Waals surface area contributed by atoms with Gasteiger partial charge in [-0.3, -0.25) is 4.90 Å². The Morgan fingerprint density at radius 2 is 1.72 bits per heavy atom. The van der Waals surface area contributed by atoms with Gasteiger partial charge in [0.1, 0.15) is 11.3 Å². The second kappa shape index (κ2) is 6.41. The van der Waals surface area contributed by atoms with Gasteiger partial charge in [0.25, 0.3) is 0 Å². The second-order valence-electron chi connectivity index (χ2n) is 6.77. The SMILES string of the molecule is Cc1cc(N2CCN(Cc3nc4ccccc4o3)CC2)cc(C)c1O. The van der Waals surface area contributed by atoms with Crippen LogP contribution in [0.15, 0.2) is 40.8 Å². The molecule has 1 aromatic heterocycles. The van der Waals surface area contributed by atoms with Gasteiger partial charge in [0.2, 0.25) is 5.89 Å². The molecule has 0 radical (unpaired) electrons. The summed E-state index contributed by atoms with van der Waals surface area (Å²) < 4.78 is 5.83. The Bertz CT molecular complexity index is 839. The van der Waals surface area contributed by atoms with E-state index in [1.165, 1.54) is 5.69 Å². The molecule has 1 aliphatic rings. The van der Waals surface area contributed by atoms with E-state index in [0.29, 0.717) is 5.75 Å². The van der Waals surface area contributed by atoms with E-state index in [1.54, 1.807) is 0 Å². The molecule has 2 heterocycles. The predicted octanol–water partition coefficient (Wildman–Crippen LogP) is 3.47. The number of para-hydroxylation sites is 2. The number of phenolic OH excluding ortho intramolecular Hbond substituents is 1. The number of phenols is 1. The highest BCUT2D eigenvalue weighted by Gasteiger charge is 2.20. The summed E-state index contributed by atoms with van der Waals surface area (Å²) in [5.41, 5.74) is 4.83. The van der Waals surface area contributed by atoms with Gasteiger partial charge in [-0.2, -0.15) is 0 Å². The van der Waals surface area contributed by atoms with Crippen LogP contribution in [0.5, 0.6) is 5.75 Å². The first-order valence-corrected chi connectivity index (χ1v) is 8.72. The normalized spacial score (nSPS) is 15.8. The molecule has 1 saturated heterocycles. The molecule has 3 aromatic rings. The van der Waals surface area contributed by atoms with Gasteiger partial charge >= 0.3 is 0 Å². The number of aryl methyl sites for hydroxylation is 2. The van der Waals surface area contributed by atoms with Gasteiger partial charge < -0.3 is 14.4 Å². The molecule has 0 amide bonds. The van der Waals surface area contributed by atoms with Gasteiger partial charge in [0.05, 0.1) is 6.54 Å². The van der Waals surface area contributed by atoms with Crippen molar-refractivity contribution in [3.8, 4) is 5.75 Å². The average molecular weight is 337 g/mol. The summed E-state index contributed by atoms with van der Waals surface area (Å²) >= 11 is 0. The summed E-state index contributed by atoms with van der Waals surface area (Å²) in [6.45, 7) is 8.52. The van der Waals surface area contributed by atoms with Gasteiger partial charge in [0.15, 0.2) is 5.58 Å². The molecular weight excluding hydrogens is 314 g/mol. The summed E-state index contributed by atoms with van der Waals surface area (Å²) in [6, 6.07) is 12.0. The van der Waals surface area contributed by atoms with E-state index in [-0.39, 0.29) is 0 Å². The van der Waals surface area contributed by atoms with Crippen LogP contribution in [0.3, 0.4) is 0 Å². The lowest BCUT2D eigenvalue weighted by Crippen LogP contribution is -2.46. The molecule has 5 nitrogen and oxygen atoms in total. The lowest BCUT2D eigenvalue weighted by atomic mass is 10.1. The fourth-order valence-electron chi connectivity index (χ4n) is 3.46. The van der Waals surface area contributed by atoms with E-state index in [2.05, 4.69) is 26.9 Å². The van der Waals surface area contributed by atoms with E-state index >= 15 is 0 Å². The fourth-order valence-corrected chi connectivity index (χ4v) is 3.46. The van der Waals surface area contributed by atoms with Crippen molar-refractivity contribution in [1.29, 1.82) is 0 Å². The Kier molecular flexibility index (Phi) is 4.09. The van der Waals surface area contributed by atoms with Gasteiger partial charge in [-0.1, -0.05) is 12.1 Å². The number of piperazine rings is 1. The summed E-state index contributed by atoms with van der Waals surface area (Å²) in [6.07, 6.45) is 0. The van der Waals surface area contributed by atoms with Crippen LogP contribution < -0.4 is 4.90 Å². The lowest BCUT2D eigenvalue weighted by Gasteiger charge is -2.35. The molecule has 25 heavy (non-hydrogen) atoms. The zero-order valence-electron chi connectivity index (χ0n) is 14.7. The van der Waals surface area contributed by atoms with Crippen LogP contribution in [-0.2, 0) is 6.54 Å². The minimum absolute atomic E-state index is 0.401. The largest absolute Gasteiger partial charge is 0.507 e. The third-order valence-corrected chi connectivity index (χ3v) is 4.91. The Balaban J connectivity index is 1.41. The van der Waals surface area contributed by atoms with E-state index < -0.39 is 0 Å². The Morgan fingerprint density at radius 3 is 2.40 bits per heavy atom. The van der Waals surface area contributed by atoms with Crippen molar-refractivity contribution in [2.75, 3.05) is 31.1 Å². The van der Waals surface area contributed by atoms with E-state index in [9.17, 15) is 5.11 Å². The van der Waals surface area contributed by atoms with E-state index in [4.69, 9.17) is 4.42 Å². The number of anilines is 1. The van der Waals surface area contributed by atoms with Crippen LogP contribution in [0.2, 0.25) is 0 Å². The van der Waals surface area contributed by atoms with E-state index in [0.717, 1.165) is 60.8 Å². The predicted molar refractivity (Wildman–Crippen MR) is 99.1 cm³/mol. The van der Waals surface area contributed by atoms with Crippen LogP contribution in [0.25, 0.3) is 11.1 Å². The number of aromatic hydroxyl groups is 1. The lowest BCUT2D eigenvalue weighted by molar-refractivity contribution is 0.228. The maximum atomic E-state index is 9.95. The highest BCUT2D eigenvalue weighted by molar-refractivity contribution is 5.72. The summed E-state index contributed by atoms with van der Waals surface area (Å²) in [5, 5.41) is 9.95. The summed E-state index contributed by atoms with van der Waals surface area (Å²) in [7, 11) is 0.